The molecule has 196 valence electrons. The van der Waals surface area contributed by atoms with Crippen molar-refractivity contribution in [3.8, 4) is 0 Å². The Hall–Kier alpha value is -3.85. The number of piperidine rings is 1. The number of aliphatic imine (C=N–C) groups is 1. The summed E-state index contributed by atoms with van der Waals surface area (Å²) >= 11 is 0. The number of amidine groups is 1. The van der Waals surface area contributed by atoms with E-state index < -0.39 is 27.7 Å². The smallest absolute Gasteiger partial charge is 0.317 e. The SMILES string of the molecule is Cc1ccccc1C1=NC(c2ccc(S(C)(=O)=O)cc2)C(c2ccc(F)cc2)N1C(=O)N1CCCC(=O)C1. The third-order valence-electron chi connectivity index (χ3n) is 7.04. The molecule has 0 bridgehead atoms. The average molecular weight is 534 g/mol. The van der Waals surface area contributed by atoms with E-state index in [4.69, 9.17) is 4.99 Å². The van der Waals surface area contributed by atoms with Crippen LogP contribution in [0.5, 0.6) is 0 Å². The summed E-state index contributed by atoms with van der Waals surface area (Å²) in [6.07, 6.45) is 2.18. The van der Waals surface area contributed by atoms with Crippen molar-refractivity contribution in [2.24, 2.45) is 4.99 Å². The summed E-state index contributed by atoms with van der Waals surface area (Å²) < 4.78 is 38.0. The standard InChI is InChI=1S/C29H28FN3O4S/c1-19-6-3-4-8-25(19)28-31-26(20-11-15-24(16-12-20)38(2,36)37)27(21-9-13-22(30)14-10-21)33(28)29(35)32-17-5-7-23(34)18-32/h3-4,6,8-16,26-27H,5,7,17-18H2,1-2H3. The van der Waals surface area contributed by atoms with Crippen LogP contribution in [0.3, 0.4) is 0 Å². The van der Waals surface area contributed by atoms with Crippen LogP contribution < -0.4 is 0 Å². The molecule has 2 unspecified atom stereocenters. The van der Waals surface area contributed by atoms with Gasteiger partial charge >= 0.3 is 6.03 Å². The summed E-state index contributed by atoms with van der Waals surface area (Å²) in [5.74, 6) is 0.0578. The van der Waals surface area contributed by atoms with Crippen molar-refractivity contribution in [2.75, 3.05) is 19.3 Å². The molecule has 38 heavy (non-hydrogen) atoms. The highest BCUT2D eigenvalue weighted by atomic mass is 32.2. The molecule has 0 aromatic heterocycles. The Kier molecular flexibility index (Phi) is 6.88. The first-order valence-electron chi connectivity index (χ1n) is 12.4. The summed E-state index contributed by atoms with van der Waals surface area (Å²) in [6, 6.07) is 18.5. The minimum atomic E-state index is -3.40. The Balaban J connectivity index is 1.68. The van der Waals surface area contributed by atoms with Crippen molar-refractivity contribution >= 4 is 27.5 Å². The van der Waals surface area contributed by atoms with Gasteiger partial charge in [0.25, 0.3) is 0 Å². The number of carbonyl (C=O) groups is 2. The van der Waals surface area contributed by atoms with Gasteiger partial charge in [0, 0.05) is 24.8 Å². The van der Waals surface area contributed by atoms with Crippen molar-refractivity contribution < 1.29 is 22.4 Å². The third kappa shape index (κ3) is 4.98. The van der Waals surface area contributed by atoms with E-state index in [0.29, 0.717) is 36.3 Å². The molecule has 2 heterocycles. The van der Waals surface area contributed by atoms with E-state index in [2.05, 4.69) is 0 Å². The molecule has 5 rings (SSSR count). The number of urea groups is 1. The number of sulfone groups is 1. The summed E-state index contributed by atoms with van der Waals surface area (Å²) in [5.41, 5.74) is 3.08. The molecule has 7 nitrogen and oxygen atoms in total. The molecule has 0 N–H and O–H groups in total. The zero-order valence-corrected chi connectivity index (χ0v) is 22.0. The van der Waals surface area contributed by atoms with E-state index in [9.17, 15) is 22.4 Å². The quantitative estimate of drug-likeness (QED) is 0.479. The molecule has 2 atom stereocenters. The van der Waals surface area contributed by atoms with E-state index in [-0.39, 0.29) is 23.3 Å². The lowest BCUT2D eigenvalue weighted by molar-refractivity contribution is -0.121. The monoisotopic (exact) mass is 533 g/mol. The van der Waals surface area contributed by atoms with Gasteiger partial charge in [-0.25, -0.2) is 17.6 Å². The van der Waals surface area contributed by atoms with Gasteiger partial charge in [-0.15, -0.1) is 0 Å². The maximum atomic E-state index is 14.1. The normalized spacial score (nSPS) is 20.0. The van der Waals surface area contributed by atoms with Crippen molar-refractivity contribution in [1.29, 1.82) is 0 Å². The molecule has 0 saturated carbocycles. The van der Waals surface area contributed by atoms with Crippen LogP contribution in [0.15, 0.2) is 82.7 Å². The van der Waals surface area contributed by atoms with E-state index in [1.54, 1.807) is 34.1 Å². The lowest BCUT2D eigenvalue weighted by atomic mass is 9.93. The minimum absolute atomic E-state index is 0.00410. The molecule has 2 amide bonds. The predicted molar refractivity (Wildman–Crippen MR) is 142 cm³/mol. The average Bonchev–Trinajstić information content (AvgIpc) is 3.29. The number of hydrogen-bond donors (Lipinski definition) is 0. The second-order valence-electron chi connectivity index (χ2n) is 9.77. The summed E-state index contributed by atoms with van der Waals surface area (Å²) in [5, 5.41) is 0. The lowest BCUT2D eigenvalue weighted by Gasteiger charge is -2.35. The van der Waals surface area contributed by atoms with Crippen LogP contribution in [-0.4, -0.2) is 55.2 Å². The third-order valence-corrected chi connectivity index (χ3v) is 8.17. The van der Waals surface area contributed by atoms with Crippen LogP contribution in [0.4, 0.5) is 9.18 Å². The van der Waals surface area contributed by atoms with E-state index >= 15 is 0 Å². The summed E-state index contributed by atoms with van der Waals surface area (Å²) in [4.78, 5) is 34.8. The van der Waals surface area contributed by atoms with E-state index in [0.717, 1.165) is 17.4 Å². The number of ketones is 1. The Bertz CT molecular complexity index is 1520. The first kappa shape index (κ1) is 25.8. The van der Waals surface area contributed by atoms with Gasteiger partial charge in [-0.3, -0.25) is 14.7 Å². The highest BCUT2D eigenvalue weighted by Crippen LogP contribution is 2.44. The second-order valence-corrected chi connectivity index (χ2v) is 11.8. The molecule has 1 saturated heterocycles. The molecule has 3 aromatic carbocycles. The number of benzene rings is 3. The number of nitrogens with zero attached hydrogens (tertiary/aromatic N) is 3. The van der Waals surface area contributed by atoms with Gasteiger partial charge < -0.3 is 4.90 Å². The van der Waals surface area contributed by atoms with Crippen molar-refractivity contribution in [3.05, 3.63) is 101 Å². The van der Waals surface area contributed by atoms with Gasteiger partial charge in [-0.05, 0) is 54.3 Å². The number of halogens is 1. The van der Waals surface area contributed by atoms with Gasteiger partial charge in [0.05, 0.1) is 17.5 Å². The predicted octanol–water partition coefficient (Wildman–Crippen LogP) is 4.87. The molecule has 0 spiro atoms. The number of carbonyl (C=O) groups excluding carboxylic acids is 2. The zero-order valence-electron chi connectivity index (χ0n) is 21.2. The highest BCUT2D eigenvalue weighted by Gasteiger charge is 2.44. The number of hydrogen-bond acceptors (Lipinski definition) is 5. The first-order valence-corrected chi connectivity index (χ1v) is 14.3. The largest absolute Gasteiger partial charge is 0.326 e. The van der Waals surface area contributed by atoms with Crippen LogP contribution >= 0.6 is 0 Å². The fourth-order valence-electron chi connectivity index (χ4n) is 5.08. The molecule has 0 aliphatic carbocycles. The summed E-state index contributed by atoms with van der Waals surface area (Å²) in [7, 11) is -3.40. The number of aryl methyl sites for hydroxylation is 1. The Morgan fingerprint density at radius 1 is 0.974 bits per heavy atom. The molecule has 9 heteroatoms. The van der Waals surface area contributed by atoms with Gasteiger partial charge in [0.2, 0.25) is 0 Å². The summed E-state index contributed by atoms with van der Waals surface area (Å²) in [6.45, 7) is 2.41. The maximum absolute atomic E-state index is 14.1. The van der Waals surface area contributed by atoms with Crippen LogP contribution in [-0.2, 0) is 14.6 Å². The van der Waals surface area contributed by atoms with Crippen molar-refractivity contribution in [1.82, 2.24) is 9.80 Å². The Morgan fingerprint density at radius 3 is 2.26 bits per heavy atom. The van der Waals surface area contributed by atoms with Gasteiger partial charge in [0.1, 0.15) is 17.7 Å². The Morgan fingerprint density at radius 2 is 1.63 bits per heavy atom. The van der Waals surface area contributed by atoms with Crippen LogP contribution in [0, 0.1) is 12.7 Å². The fraction of sp³-hybridized carbons (Fsp3) is 0.276. The minimum Gasteiger partial charge on any atom is -0.317 e. The first-order chi connectivity index (χ1) is 18.1. The zero-order chi connectivity index (χ0) is 27.0. The molecular formula is C29H28FN3O4S. The topological polar surface area (TPSA) is 87.1 Å². The van der Waals surface area contributed by atoms with Crippen molar-refractivity contribution in [3.63, 3.8) is 0 Å². The molecule has 2 aliphatic rings. The molecular weight excluding hydrogens is 505 g/mol. The lowest BCUT2D eigenvalue weighted by Crippen LogP contribution is -2.50. The Labute approximate surface area is 221 Å². The van der Waals surface area contributed by atoms with Gasteiger partial charge in [0.15, 0.2) is 15.6 Å². The van der Waals surface area contributed by atoms with Gasteiger partial charge in [-0.1, -0.05) is 48.5 Å². The van der Waals surface area contributed by atoms with Crippen LogP contribution in [0.2, 0.25) is 0 Å². The molecule has 0 radical (unpaired) electrons. The van der Waals surface area contributed by atoms with Crippen molar-refractivity contribution in [2.45, 2.75) is 36.7 Å². The maximum Gasteiger partial charge on any atom is 0.326 e. The molecule has 1 fully saturated rings. The number of rotatable bonds is 4. The highest BCUT2D eigenvalue weighted by molar-refractivity contribution is 7.90. The second kappa shape index (κ2) is 10.1. The molecule has 2 aliphatic heterocycles. The van der Waals surface area contributed by atoms with Crippen LogP contribution in [0.25, 0.3) is 0 Å². The van der Waals surface area contributed by atoms with E-state index in [1.165, 1.54) is 24.3 Å². The fourth-order valence-corrected chi connectivity index (χ4v) is 5.71. The molecule has 3 aromatic rings. The van der Waals surface area contributed by atoms with Crippen LogP contribution in [0.1, 0.15) is 47.2 Å². The van der Waals surface area contributed by atoms with Gasteiger partial charge in [-0.2, -0.15) is 0 Å². The van der Waals surface area contributed by atoms with E-state index in [1.807, 2.05) is 31.2 Å². The number of Topliss-reactive ketones (excluding diaryl/α,β-unsaturated/α-hetero) is 1. The number of likely N-dealkylation sites (tertiary alicyclic amines) is 1. The number of amides is 2.